The molecule has 2 N–H and O–H groups in total. The molecule has 0 aliphatic heterocycles. The fourth-order valence-electron chi connectivity index (χ4n) is 1.42. The lowest BCUT2D eigenvalue weighted by atomic mass is 9.97. The molecule has 0 fully saturated rings. The highest BCUT2D eigenvalue weighted by atomic mass is 19.4. The average molecular weight is 329 g/mol. The molecule has 1 aromatic rings. The molecule has 0 aromatic heterocycles. The Kier molecular flexibility index (Phi) is 3.86. The van der Waals surface area contributed by atoms with E-state index in [0.29, 0.717) is 0 Å². The van der Waals surface area contributed by atoms with Crippen LogP contribution in [0.5, 0.6) is 0 Å². The van der Waals surface area contributed by atoms with Crippen LogP contribution < -0.4 is 5.73 Å². The van der Waals surface area contributed by atoms with Crippen molar-refractivity contribution in [2.24, 2.45) is 0 Å². The first kappa shape index (κ1) is 17.4. The number of para-hydroxylation sites is 1. The van der Waals surface area contributed by atoms with Crippen LogP contribution in [-0.2, 0) is 11.8 Å². The Morgan fingerprint density at radius 2 is 0.905 bits per heavy atom. The second-order valence-corrected chi connectivity index (χ2v) is 3.91. The quantitative estimate of drug-likeness (QED) is 0.624. The number of alkyl halides is 10. The molecular formula is C10H5F10N. The van der Waals surface area contributed by atoms with Gasteiger partial charge in [0.1, 0.15) is 0 Å². The van der Waals surface area contributed by atoms with Crippen LogP contribution in [0.2, 0.25) is 0 Å². The molecule has 0 amide bonds. The summed E-state index contributed by atoms with van der Waals surface area (Å²) in [6, 6.07) is 0.262. The highest BCUT2D eigenvalue weighted by Gasteiger charge is 2.63. The molecular weight excluding hydrogens is 324 g/mol. The molecule has 0 bridgehead atoms. The zero-order chi connectivity index (χ0) is 16.9. The van der Waals surface area contributed by atoms with E-state index in [1.165, 1.54) is 0 Å². The van der Waals surface area contributed by atoms with Crippen molar-refractivity contribution in [2.45, 2.75) is 24.2 Å². The first-order chi connectivity index (χ1) is 9.14. The molecule has 11 heteroatoms. The molecule has 0 aliphatic rings. The third-order valence-electron chi connectivity index (χ3n) is 2.49. The van der Waals surface area contributed by atoms with E-state index in [1.54, 1.807) is 0 Å². The van der Waals surface area contributed by atoms with Crippen molar-refractivity contribution >= 4 is 5.69 Å². The fraction of sp³-hybridized carbons (Fsp3) is 0.400. The molecule has 1 rings (SSSR count). The van der Waals surface area contributed by atoms with Gasteiger partial charge in [0, 0.05) is 0 Å². The lowest BCUT2D eigenvalue weighted by Gasteiger charge is -2.26. The van der Waals surface area contributed by atoms with Crippen molar-refractivity contribution in [3.63, 3.8) is 0 Å². The molecule has 0 saturated carbocycles. The van der Waals surface area contributed by atoms with E-state index in [-0.39, 0.29) is 18.2 Å². The van der Waals surface area contributed by atoms with Gasteiger partial charge < -0.3 is 5.73 Å². The van der Waals surface area contributed by atoms with Crippen LogP contribution in [0.15, 0.2) is 18.2 Å². The Morgan fingerprint density at radius 3 is 1.14 bits per heavy atom. The Hall–Kier alpha value is -1.68. The molecule has 0 spiro atoms. The summed E-state index contributed by atoms with van der Waals surface area (Å²) in [5.74, 6) is -11.3. The standard InChI is InChI=1S/C10H5F10N/c11-7(12,9(15,16)17)4-2-1-3-5(6(4)21)8(13,14)10(18,19)20/h1-3H,21H2. The van der Waals surface area contributed by atoms with Crippen molar-refractivity contribution in [1.29, 1.82) is 0 Å². The van der Waals surface area contributed by atoms with E-state index in [0.717, 1.165) is 0 Å². The van der Waals surface area contributed by atoms with Gasteiger partial charge >= 0.3 is 24.2 Å². The average Bonchev–Trinajstić information content (AvgIpc) is 2.25. The summed E-state index contributed by atoms with van der Waals surface area (Å²) < 4.78 is 125. The minimum Gasteiger partial charge on any atom is -0.398 e. The van der Waals surface area contributed by atoms with Crippen LogP contribution in [0, 0.1) is 0 Å². The number of nitrogens with two attached hydrogens (primary N) is 1. The van der Waals surface area contributed by atoms with Crippen molar-refractivity contribution in [2.75, 3.05) is 5.73 Å². The van der Waals surface area contributed by atoms with E-state index in [4.69, 9.17) is 0 Å². The number of halogens is 10. The molecule has 0 heterocycles. The highest BCUT2D eigenvalue weighted by Crippen LogP contribution is 2.51. The number of nitrogen functional groups attached to an aromatic ring is 1. The summed E-state index contributed by atoms with van der Waals surface area (Å²) in [4.78, 5) is 0. The summed E-state index contributed by atoms with van der Waals surface area (Å²) in [7, 11) is 0. The summed E-state index contributed by atoms with van der Waals surface area (Å²) >= 11 is 0. The lowest BCUT2D eigenvalue weighted by molar-refractivity contribution is -0.291. The molecule has 0 aliphatic carbocycles. The van der Waals surface area contributed by atoms with Crippen LogP contribution >= 0.6 is 0 Å². The number of anilines is 1. The van der Waals surface area contributed by atoms with Crippen molar-refractivity contribution in [3.8, 4) is 0 Å². The first-order valence-corrected chi connectivity index (χ1v) is 4.92. The predicted molar refractivity (Wildman–Crippen MR) is 50.8 cm³/mol. The molecule has 0 radical (unpaired) electrons. The van der Waals surface area contributed by atoms with E-state index in [1.807, 2.05) is 0 Å². The van der Waals surface area contributed by atoms with Gasteiger partial charge in [0.2, 0.25) is 0 Å². The fourth-order valence-corrected chi connectivity index (χ4v) is 1.42. The largest absolute Gasteiger partial charge is 0.458 e. The number of hydrogen-bond donors (Lipinski definition) is 1. The zero-order valence-corrected chi connectivity index (χ0v) is 9.59. The van der Waals surface area contributed by atoms with Gasteiger partial charge in [-0.15, -0.1) is 0 Å². The van der Waals surface area contributed by atoms with E-state index < -0.39 is 41.0 Å². The smallest absolute Gasteiger partial charge is 0.398 e. The van der Waals surface area contributed by atoms with E-state index >= 15 is 0 Å². The molecule has 1 aromatic carbocycles. The van der Waals surface area contributed by atoms with Crippen LogP contribution in [-0.4, -0.2) is 12.4 Å². The molecule has 0 atom stereocenters. The van der Waals surface area contributed by atoms with Crippen LogP contribution in [0.4, 0.5) is 49.6 Å². The molecule has 0 unspecified atom stereocenters. The Balaban J connectivity index is 3.56. The molecule has 21 heavy (non-hydrogen) atoms. The summed E-state index contributed by atoms with van der Waals surface area (Å²) in [5.41, 5.74) is -1.62. The van der Waals surface area contributed by atoms with Crippen molar-refractivity contribution in [1.82, 2.24) is 0 Å². The van der Waals surface area contributed by atoms with Crippen molar-refractivity contribution in [3.05, 3.63) is 29.3 Å². The Bertz CT molecular complexity index is 483. The lowest BCUT2D eigenvalue weighted by Crippen LogP contribution is -2.37. The third kappa shape index (κ3) is 2.72. The second kappa shape index (κ2) is 4.67. The SMILES string of the molecule is Nc1c(C(F)(F)C(F)(F)F)cccc1C(F)(F)C(F)(F)F. The van der Waals surface area contributed by atoms with Gasteiger partial charge in [-0.2, -0.15) is 43.9 Å². The van der Waals surface area contributed by atoms with Gasteiger partial charge in [-0.05, 0) is 0 Å². The summed E-state index contributed by atoms with van der Waals surface area (Å²) in [6.45, 7) is 0. The minimum atomic E-state index is -6.20. The zero-order valence-electron chi connectivity index (χ0n) is 9.59. The third-order valence-corrected chi connectivity index (χ3v) is 2.49. The monoisotopic (exact) mass is 329 g/mol. The molecule has 1 nitrogen and oxygen atoms in total. The number of rotatable bonds is 2. The molecule has 0 saturated heterocycles. The van der Waals surface area contributed by atoms with Gasteiger partial charge in [0.05, 0.1) is 16.8 Å². The number of benzene rings is 1. The topological polar surface area (TPSA) is 26.0 Å². The van der Waals surface area contributed by atoms with Gasteiger partial charge in [-0.1, -0.05) is 18.2 Å². The summed E-state index contributed by atoms with van der Waals surface area (Å²) in [6.07, 6.45) is -12.4. The maximum Gasteiger partial charge on any atom is 0.458 e. The number of hydrogen-bond acceptors (Lipinski definition) is 1. The van der Waals surface area contributed by atoms with Gasteiger partial charge in [0.25, 0.3) is 0 Å². The second-order valence-electron chi connectivity index (χ2n) is 3.91. The predicted octanol–water partition coefficient (Wildman–Crippen LogP) is 4.58. The first-order valence-electron chi connectivity index (χ1n) is 4.92. The highest BCUT2D eigenvalue weighted by molar-refractivity contribution is 5.58. The molecule has 120 valence electrons. The Labute approximate surface area is 110 Å². The minimum absolute atomic E-state index is 0.0266. The Morgan fingerprint density at radius 1 is 0.619 bits per heavy atom. The normalized spacial score (nSPS) is 14.4. The van der Waals surface area contributed by atoms with Crippen LogP contribution in [0.1, 0.15) is 11.1 Å². The van der Waals surface area contributed by atoms with E-state index in [2.05, 4.69) is 5.73 Å². The maximum atomic E-state index is 13.1. The summed E-state index contributed by atoms with van der Waals surface area (Å²) in [5, 5.41) is 0. The van der Waals surface area contributed by atoms with Gasteiger partial charge in [0.15, 0.2) is 0 Å². The van der Waals surface area contributed by atoms with Gasteiger partial charge in [-0.25, -0.2) is 0 Å². The van der Waals surface area contributed by atoms with E-state index in [9.17, 15) is 43.9 Å². The maximum absolute atomic E-state index is 13.1. The van der Waals surface area contributed by atoms with Gasteiger partial charge in [-0.3, -0.25) is 0 Å². The van der Waals surface area contributed by atoms with Crippen LogP contribution in [0.25, 0.3) is 0 Å². The van der Waals surface area contributed by atoms with Crippen LogP contribution in [0.3, 0.4) is 0 Å². The van der Waals surface area contributed by atoms with Crippen molar-refractivity contribution < 1.29 is 43.9 Å².